The Balaban J connectivity index is 2.23. The summed E-state index contributed by atoms with van der Waals surface area (Å²) in [5.74, 6) is 1.02. The lowest BCUT2D eigenvalue weighted by molar-refractivity contribution is 0.457. The Morgan fingerprint density at radius 2 is 2.12 bits per heavy atom. The molecule has 0 aliphatic carbocycles. The van der Waals surface area contributed by atoms with E-state index >= 15 is 0 Å². The monoisotopic (exact) mass is 289 g/mol. The molecular formula is C12H8BrN3O. The molecule has 0 N–H and O–H groups in total. The minimum absolute atomic E-state index is 0.426. The summed E-state index contributed by atoms with van der Waals surface area (Å²) in [6.07, 6.45) is 1.46. The van der Waals surface area contributed by atoms with Crippen LogP contribution < -0.4 is 4.74 Å². The number of hydrogen-bond acceptors (Lipinski definition) is 4. The van der Waals surface area contributed by atoms with E-state index < -0.39 is 0 Å². The first-order chi connectivity index (χ1) is 8.19. The summed E-state index contributed by atoms with van der Waals surface area (Å²) in [4.78, 5) is 8.23. The normalized spacial score (nSPS) is 9.71. The van der Waals surface area contributed by atoms with Crippen LogP contribution in [0.5, 0.6) is 11.6 Å². The Bertz CT molecular complexity index is 575. The molecule has 0 atom stereocenters. The molecule has 2 aromatic heterocycles. The van der Waals surface area contributed by atoms with Crippen molar-refractivity contribution in [3.8, 4) is 17.7 Å². The minimum Gasteiger partial charge on any atom is -0.436 e. The minimum atomic E-state index is 0.426. The highest BCUT2D eigenvalue weighted by Crippen LogP contribution is 2.26. The SMILES string of the molecule is Cc1ccc(Oc2ccc(C#N)cn2)c(Br)n1. The molecular weight excluding hydrogens is 282 g/mol. The lowest BCUT2D eigenvalue weighted by atomic mass is 10.3. The largest absolute Gasteiger partial charge is 0.436 e. The van der Waals surface area contributed by atoms with Gasteiger partial charge in [0.15, 0.2) is 5.75 Å². The number of nitrogens with zero attached hydrogens (tertiary/aromatic N) is 3. The van der Waals surface area contributed by atoms with Gasteiger partial charge in [-0.05, 0) is 41.1 Å². The summed E-state index contributed by atoms with van der Waals surface area (Å²) in [7, 11) is 0. The molecule has 84 valence electrons. The second-order valence-corrected chi connectivity index (χ2v) is 4.09. The molecule has 0 fully saturated rings. The maximum absolute atomic E-state index is 8.64. The summed E-state index contributed by atoms with van der Waals surface area (Å²) in [5, 5.41) is 8.64. The third-order valence-electron chi connectivity index (χ3n) is 2.03. The van der Waals surface area contributed by atoms with E-state index in [9.17, 15) is 0 Å². The summed E-state index contributed by atoms with van der Waals surface area (Å²) < 4.78 is 6.16. The molecule has 0 radical (unpaired) electrons. The first kappa shape index (κ1) is 11.6. The zero-order chi connectivity index (χ0) is 12.3. The quantitative estimate of drug-likeness (QED) is 0.797. The first-order valence-electron chi connectivity index (χ1n) is 4.86. The van der Waals surface area contributed by atoms with Crippen molar-refractivity contribution in [2.45, 2.75) is 6.92 Å². The predicted molar refractivity (Wildman–Crippen MR) is 65.7 cm³/mol. The van der Waals surface area contributed by atoms with Crippen LogP contribution >= 0.6 is 15.9 Å². The van der Waals surface area contributed by atoms with Crippen LogP contribution in [0, 0.1) is 18.3 Å². The van der Waals surface area contributed by atoms with Crippen LogP contribution in [0.4, 0.5) is 0 Å². The third-order valence-corrected chi connectivity index (χ3v) is 2.60. The summed E-state index contributed by atoms with van der Waals surface area (Å²) in [6.45, 7) is 1.90. The molecule has 0 spiro atoms. The van der Waals surface area contributed by atoms with Gasteiger partial charge in [-0.3, -0.25) is 0 Å². The molecule has 0 bridgehead atoms. The fourth-order valence-electron chi connectivity index (χ4n) is 1.21. The van der Waals surface area contributed by atoms with Crippen molar-refractivity contribution in [1.82, 2.24) is 9.97 Å². The van der Waals surface area contributed by atoms with Gasteiger partial charge in [-0.1, -0.05) is 0 Å². The molecule has 5 heteroatoms. The Morgan fingerprint density at radius 3 is 2.71 bits per heavy atom. The molecule has 2 rings (SSSR count). The highest BCUT2D eigenvalue weighted by atomic mass is 79.9. The van der Waals surface area contributed by atoms with Crippen molar-refractivity contribution < 1.29 is 4.74 Å². The molecule has 0 amide bonds. The van der Waals surface area contributed by atoms with Crippen LogP contribution in [0.15, 0.2) is 35.1 Å². The Hall–Kier alpha value is -1.93. The van der Waals surface area contributed by atoms with E-state index in [2.05, 4.69) is 25.9 Å². The van der Waals surface area contributed by atoms with Crippen LogP contribution in [-0.2, 0) is 0 Å². The van der Waals surface area contributed by atoms with Crippen molar-refractivity contribution in [1.29, 1.82) is 5.26 Å². The number of aryl methyl sites for hydroxylation is 1. The van der Waals surface area contributed by atoms with Crippen LogP contribution in [0.2, 0.25) is 0 Å². The second-order valence-electron chi connectivity index (χ2n) is 3.34. The second kappa shape index (κ2) is 4.93. The number of nitriles is 1. The maximum atomic E-state index is 8.64. The van der Waals surface area contributed by atoms with Crippen molar-refractivity contribution in [2.75, 3.05) is 0 Å². The number of pyridine rings is 2. The van der Waals surface area contributed by atoms with Gasteiger partial charge in [-0.2, -0.15) is 5.26 Å². The van der Waals surface area contributed by atoms with Crippen LogP contribution in [0.3, 0.4) is 0 Å². The van der Waals surface area contributed by atoms with Gasteiger partial charge >= 0.3 is 0 Å². The van der Waals surface area contributed by atoms with Crippen molar-refractivity contribution >= 4 is 15.9 Å². The number of ether oxygens (including phenoxy) is 1. The van der Waals surface area contributed by atoms with E-state index in [0.717, 1.165) is 5.69 Å². The van der Waals surface area contributed by atoms with Gasteiger partial charge in [0.1, 0.15) is 10.7 Å². The smallest absolute Gasteiger partial charge is 0.219 e. The van der Waals surface area contributed by atoms with Crippen LogP contribution in [0.1, 0.15) is 11.3 Å². The van der Waals surface area contributed by atoms with Gasteiger partial charge in [0.05, 0.1) is 5.56 Å². The van der Waals surface area contributed by atoms with Crippen molar-refractivity contribution in [2.24, 2.45) is 0 Å². The van der Waals surface area contributed by atoms with E-state index in [4.69, 9.17) is 10.00 Å². The molecule has 0 aromatic carbocycles. The van der Waals surface area contributed by atoms with Crippen molar-refractivity contribution in [3.05, 3.63) is 46.3 Å². The fourth-order valence-corrected chi connectivity index (χ4v) is 1.70. The van der Waals surface area contributed by atoms with Gasteiger partial charge in [0, 0.05) is 18.0 Å². The predicted octanol–water partition coefficient (Wildman–Crippen LogP) is 3.21. The zero-order valence-electron chi connectivity index (χ0n) is 9.01. The topological polar surface area (TPSA) is 58.8 Å². The van der Waals surface area contributed by atoms with Crippen LogP contribution in [-0.4, -0.2) is 9.97 Å². The lowest BCUT2D eigenvalue weighted by Gasteiger charge is -2.06. The van der Waals surface area contributed by atoms with E-state index in [1.54, 1.807) is 12.1 Å². The highest BCUT2D eigenvalue weighted by Gasteiger charge is 2.05. The summed E-state index contributed by atoms with van der Waals surface area (Å²) in [5.41, 5.74) is 1.40. The first-order valence-corrected chi connectivity index (χ1v) is 5.65. The van der Waals surface area contributed by atoms with Gasteiger partial charge in [0.2, 0.25) is 5.88 Å². The average molecular weight is 290 g/mol. The van der Waals surface area contributed by atoms with E-state index in [1.165, 1.54) is 6.20 Å². The van der Waals surface area contributed by atoms with Gasteiger partial charge < -0.3 is 4.74 Å². The van der Waals surface area contributed by atoms with E-state index in [0.29, 0.717) is 21.8 Å². The molecule has 2 heterocycles. The van der Waals surface area contributed by atoms with Crippen molar-refractivity contribution in [3.63, 3.8) is 0 Å². The fraction of sp³-hybridized carbons (Fsp3) is 0.0833. The van der Waals surface area contributed by atoms with E-state index in [-0.39, 0.29) is 0 Å². The molecule has 0 aliphatic heterocycles. The zero-order valence-corrected chi connectivity index (χ0v) is 10.6. The molecule has 0 saturated heterocycles. The summed E-state index contributed by atoms with van der Waals surface area (Å²) in [6, 6.07) is 8.95. The number of halogens is 1. The molecule has 0 aliphatic rings. The Labute approximate surface area is 107 Å². The molecule has 4 nitrogen and oxygen atoms in total. The number of hydrogen-bond donors (Lipinski definition) is 0. The van der Waals surface area contributed by atoms with E-state index in [1.807, 2.05) is 25.1 Å². The number of rotatable bonds is 2. The van der Waals surface area contributed by atoms with Gasteiger partial charge in [-0.15, -0.1) is 0 Å². The Morgan fingerprint density at radius 1 is 1.29 bits per heavy atom. The molecule has 0 unspecified atom stereocenters. The highest BCUT2D eigenvalue weighted by molar-refractivity contribution is 9.10. The lowest BCUT2D eigenvalue weighted by Crippen LogP contribution is -1.91. The van der Waals surface area contributed by atoms with Gasteiger partial charge in [0.25, 0.3) is 0 Å². The maximum Gasteiger partial charge on any atom is 0.219 e. The standard InChI is InChI=1S/C12H8BrN3O/c1-8-2-4-10(12(13)16-8)17-11-5-3-9(6-14)7-15-11/h2-5,7H,1H3. The molecule has 2 aromatic rings. The van der Waals surface area contributed by atoms with Gasteiger partial charge in [-0.25, -0.2) is 9.97 Å². The molecule has 0 saturated carbocycles. The molecule has 17 heavy (non-hydrogen) atoms. The Kier molecular flexibility index (Phi) is 3.35. The number of aromatic nitrogens is 2. The van der Waals surface area contributed by atoms with Crippen LogP contribution in [0.25, 0.3) is 0 Å². The summed E-state index contributed by atoms with van der Waals surface area (Å²) >= 11 is 3.32. The third kappa shape index (κ3) is 2.80. The average Bonchev–Trinajstić information content (AvgIpc) is 2.34.